The normalized spacial score (nSPS) is 18.6. The third kappa shape index (κ3) is 5.89. The fourth-order valence-electron chi connectivity index (χ4n) is 2.12. The molecule has 2 unspecified atom stereocenters. The fourth-order valence-corrected chi connectivity index (χ4v) is 2.12. The van der Waals surface area contributed by atoms with Gasteiger partial charge in [-0.1, -0.05) is 0 Å². The smallest absolute Gasteiger partial charge is 0.165 e. The highest BCUT2D eigenvalue weighted by Crippen LogP contribution is 2.34. The molecule has 0 bridgehead atoms. The number of nitrogens with one attached hydrogen (secondary N) is 1. The van der Waals surface area contributed by atoms with Crippen LogP contribution >= 0.6 is 0 Å². The summed E-state index contributed by atoms with van der Waals surface area (Å²) < 4.78 is 22.2. The van der Waals surface area contributed by atoms with Crippen molar-refractivity contribution in [1.29, 1.82) is 0 Å². The van der Waals surface area contributed by atoms with Crippen LogP contribution in [0.25, 0.3) is 0 Å². The summed E-state index contributed by atoms with van der Waals surface area (Å²) in [6.45, 7) is 7.71. The quantitative estimate of drug-likeness (QED) is 0.794. The van der Waals surface area contributed by atoms with Crippen molar-refractivity contribution in [3.63, 3.8) is 0 Å². The molecule has 0 amide bonds. The van der Waals surface area contributed by atoms with Gasteiger partial charge in [0.05, 0.1) is 26.4 Å². The Hall–Kier alpha value is -1.50. The summed E-state index contributed by atoms with van der Waals surface area (Å²) in [5, 5.41) is 13.1. The van der Waals surface area contributed by atoms with E-state index in [2.05, 4.69) is 26.1 Å². The lowest BCUT2D eigenvalue weighted by Crippen LogP contribution is -2.42. The fraction of sp³-hybridized carbons (Fsp3) is 0.647. The molecule has 6 nitrogen and oxygen atoms in total. The summed E-state index contributed by atoms with van der Waals surface area (Å²) in [6, 6.07) is 5.45. The summed E-state index contributed by atoms with van der Waals surface area (Å²) in [5.41, 5.74) is -0.0237. The van der Waals surface area contributed by atoms with E-state index in [1.54, 1.807) is 13.2 Å². The SMILES string of the molecule is COc1ccc2c(c1)OC(COCC(O)CNC(C)(C)C)CO2. The van der Waals surface area contributed by atoms with Gasteiger partial charge in [-0.3, -0.25) is 0 Å². The largest absolute Gasteiger partial charge is 0.497 e. The first-order valence-corrected chi connectivity index (χ1v) is 7.86. The Morgan fingerprint density at radius 2 is 2.13 bits per heavy atom. The first-order valence-electron chi connectivity index (χ1n) is 7.86. The van der Waals surface area contributed by atoms with Crippen molar-refractivity contribution in [2.45, 2.75) is 38.5 Å². The van der Waals surface area contributed by atoms with E-state index in [-0.39, 0.29) is 18.2 Å². The van der Waals surface area contributed by atoms with Crippen molar-refractivity contribution < 1.29 is 24.1 Å². The molecule has 0 aromatic heterocycles. The van der Waals surface area contributed by atoms with Gasteiger partial charge >= 0.3 is 0 Å². The van der Waals surface area contributed by atoms with Crippen LogP contribution in [0.3, 0.4) is 0 Å². The van der Waals surface area contributed by atoms with Crippen LogP contribution in [0.5, 0.6) is 17.2 Å². The van der Waals surface area contributed by atoms with Crippen molar-refractivity contribution >= 4 is 0 Å². The second kappa shape index (κ2) is 7.86. The maximum atomic E-state index is 9.89. The number of aliphatic hydroxyl groups excluding tert-OH is 1. The van der Waals surface area contributed by atoms with Crippen molar-refractivity contribution in [2.24, 2.45) is 0 Å². The van der Waals surface area contributed by atoms with Crippen molar-refractivity contribution in [3.05, 3.63) is 18.2 Å². The zero-order valence-corrected chi connectivity index (χ0v) is 14.3. The summed E-state index contributed by atoms with van der Waals surface area (Å²) in [5.74, 6) is 2.08. The van der Waals surface area contributed by atoms with Crippen LogP contribution < -0.4 is 19.5 Å². The molecule has 130 valence electrons. The topological polar surface area (TPSA) is 69.2 Å². The van der Waals surface area contributed by atoms with Gasteiger partial charge < -0.3 is 29.4 Å². The summed E-state index contributed by atoms with van der Waals surface area (Å²) in [6.07, 6.45) is -0.747. The van der Waals surface area contributed by atoms with Crippen LogP contribution in [-0.4, -0.2) is 56.3 Å². The zero-order chi connectivity index (χ0) is 16.9. The van der Waals surface area contributed by atoms with Crippen LogP contribution in [0.4, 0.5) is 0 Å². The van der Waals surface area contributed by atoms with Crippen LogP contribution in [0.1, 0.15) is 20.8 Å². The van der Waals surface area contributed by atoms with E-state index in [1.807, 2.05) is 12.1 Å². The van der Waals surface area contributed by atoms with Crippen molar-refractivity contribution in [1.82, 2.24) is 5.32 Å². The summed E-state index contributed by atoms with van der Waals surface area (Å²) in [7, 11) is 1.61. The highest BCUT2D eigenvalue weighted by molar-refractivity contribution is 5.46. The van der Waals surface area contributed by atoms with Crippen LogP contribution in [0.2, 0.25) is 0 Å². The molecular weight excluding hydrogens is 298 g/mol. The van der Waals surface area contributed by atoms with Gasteiger partial charge in [-0.2, -0.15) is 0 Å². The molecule has 0 fully saturated rings. The third-order valence-electron chi connectivity index (χ3n) is 3.35. The monoisotopic (exact) mass is 325 g/mol. The molecule has 1 aromatic carbocycles. The maximum Gasteiger partial charge on any atom is 0.165 e. The average molecular weight is 325 g/mol. The number of β-amino-alcohol motifs (C(OH)–C–C–N with tert-alkyl or cyclic N) is 1. The molecule has 1 aliphatic heterocycles. The minimum atomic E-state index is -0.550. The van der Waals surface area contributed by atoms with E-state index in [0.29, 0.717) is 31.3 Å². The van der Waals surface area contributed by atoms with Crippen LogP contribution in [-0.2, 0) is 4.74 Å². The van der Waals surface area contributed by atoms with E-state index in [4.69, 9.17) is 18.9 Å². The molecule has 2 rings (SSSR count). The van der Waals surface area contributed by atoms with Gasteiger partial charge in [-0.25, -0.2) is 0 Å². The van der Waals surface area contributed by atoms with Gasteiger partial charge in [-0.05, 0) is 32.9 Å². The Morgan fingerprint density at radius 3 is 2.83 bits per heavy atom. The highest BCUT2D eigenvalue weighted by Gasteiger charge is 2.22. The molecule has 2 atom stereocenters. The van der Waals surface area contributed by atoms with Gasteiger partial charge in [0.1, 0.15) is 12.4 Å². The summed E-state index contributed by atoms with van der Waals surface area (Å²) >= 11 is 0. The lowest BCUT2D eigenvalue weighted by molar-refractivity contribution is -0.0222. The third-order valence-corrected chi connectivity index (χ3v) is 3.35. The van der Waals surface area contributed by atoms with Crippen molar-refractivity contribution in [3.8, 4) is 17.2 Å². The number of methoxy groups -OCH3 is 1. The lowest BCUT2D eigenvalue weighted by Gasteiger charge is -2.27. The Morgan fingerprint density at radius 1 is 1.35 bits per heavy atom. The maximum absolute atomic E-state index is 9.89. The molecular formula is C17H27NO5. The van der Waals surface area contributed by atoms with Gasteiger partial charge in [0.15, 0.2) is 17.6 Å². The molecule has 0 saturated carbocycles. The number of ether oxygens (including phenoxy) is 4. The highest BCUT2D eigenvalue weighted by atomic mass is 16.6. The number of fused-ring (bicyclic) bond motifs is 1. The second-order valence-corrected chi connectivity index (χ2v) is 6.69. The second-order valence-electron chi connectivity index (χ2n) is 6.69. The molecule has 1 aliphatic rings. The first-order chi connectivity index (χ1) is 10.9. The predicted octanol–water partition coefficient (Wildman–Crippen LogP) is 1.60. The van der Waals surface area contributed by atoms with E-state index >= 15 is 0 Å². The Labute approximate surface area is 137 Å². The zero-order valence-electron chi connectivity index (χ0n) is 14.3. The molecule has 1 aromatic rings. The van der Waals surface area contributed by atoms with E-state index < -0.39 is 6.10 Å². The number of benzene rings is 1. The van der Waals surface area contributed by atoms with E-state index in [9.17, 15) is 5.11 Å². The molecule has 0 saturated heterocycles. The number of rotatable bonds is 7. The van der Waals surface area contributed by atoms with Gasteiger partial charge in [0, 0.05) is 18.2 Å². The molecule has 0 radical (unpaired) electrons. The van der Waals surface area contributed by atoms with Crippen LogP contribution in [0, 0.1) is 0 Å². The first kappa shape index (κ1) is 17.8. The minimum Gasteiger partial charge on any atom is -0.497 e. The Balaban J connectivity index is 1.73. The number of aliphatic hydroxyl groups is 1. The van der Waals surface area contributed by atoms with E-state index in [1.165, 1.54) is 0 Å². The molecule has 23 heavy (non-hydrogen) atoms. The Kier molecular flexibility index (Phi) is 6.10. The molecule has 2 N–H and O–H groups in total. The van der Waals surface area contributed by atoms with Gasteiger partial charge in [0.25, 0.3) is 0 Å². The summed E-state index contributed by atoms with van der Waals surface area (Å²) in [4.78, 5) is 0. The molecule has 1 heterocycles. The minimum absolute atomic E-state index is 0.0237. The average Bonchev–Trinajstić information content (AvgIpc) is 2.51. The number of hydrogen-bond donors (Lipinski definition) is 2. The standard InChI is InChI=1S/C17H27NO5/c1-17(2,3)18-8-12(19)9-21-10-14-11-22-15-6-5-13(20-4)7-16(15)23-14/h5-7,12,14,18-19H,8-11H2,1-4H3. The number of hydrogen-bond acceptors (Lipinski definition) is 6. The molecule has 6 heteroatoms. The van der Waals surface area contributed by atoms with Gasteiger partial charge in [-0.15, -0.1) is 0 Å². The lowest BCUT2D eigenvalue weighted by atomic mass is 10.1. The molecule has 0 aliphatic carbocycles. The van der Waals surface area contributed by atoms with Crippen LogP contribution in [0.15, 0.2) is 18.2 Å². The molecule has 0 spiro atoms. The predicted molar refractivity (Wildman–Crippen MR) is 87.5 cm³/mol. The van der Waals surface area contributed by atoms with Crippen molar-refractivity contribution in [2.75, 3.05) is 33.5 Å². The van der Waals surface area contributed by atoms with E-state index in [0.717, 1.165) is 5.75 Å². The van der Waals surface area contributed by atoms with Gasteiger partial charge in [0.2, 0.25) is 0 Å². The Bertz CT molecular complexity index is 500.